The minimum Gasteiger partial charge on any atom is -0.377 e. The van der Waals surface area contributed by atoms with Crippen molar-refractivity contribution >= 4 is 41.1 Å². The molecule has 2 heterocycles. The topological polar surface area (TPSA) is 53.1 Å². The number of carbonyl (C=O) groups excluding carboxylic acids is 2. The molecule has 0 bridgehead atoms. The fourth-order valence-electron chi connectivity index (χ4n) is 3.85. The van der Waals surface area contributed by atoms with Crippen molar-refractivity contribution in [1.82, 2.24) is 14.7 Å². The Kier molecular flexibility index (Phi) is 8.57. The van der Waals surface area contributed by atoms with Gasteiger partial charge in [0.1, 0.15) is 0 Å². The van der Waals surface area contributed by atoms with Gasteiger partial charge in [0.15, 0.2) is 0 Å². The number of amides is 2. The lowest BCUT2D eigenvalue weighted by Gasteiger charge is -2.24. The number of hydrogen-bond donors (Lipinski definition) is 0. The third kappa shape index (κ3) is 6.45. The molecule has 1 aromatic carbocycles. The maximum absolute atomic E-state index is 12.6. The fourth-order valence-corrected chi connectivity index (χ4v) is 4.15. The lowest BCUT2D eigenvalue weighted by atomic mass is 10.2. The van der Waals surface area contributed by atoms with Gasteiger partial charge in [-0.15, -0.1) is 0 Å². The van der Waals surface area contributed by atoms with Gasteiger partial charge in [0.05, 0.1) is 16.1 Å². The Hall–Kier alpha value is -1.60. The summed E-state index contributed by atoms with van der Waals surface area (Å²) in [4.78, 5) is 31.0. The van der Waals surface area contributed by atoms with Gasteiger partial charge in [0.2, 0.25) is 11.8 Å². The second kappa shape index (κ2) is 11.1. The largest absolute Gasteiger partial charge is 0.377 e. The maximum Gasteiger partial charge on any atom is 0.246 e. The van der Waals surface area contributed by atoms with Crippen molar-refractivity contribution in [1.29, 1.82) is 0 Å². The molecule has 8 heteroatoms. The summed E-state index contributed by atoms with van der Waals surface area (Å²) in [6.45, 7) is 7.79. The van der Waals surface area contributed by atoms with E-state index in [9.17, 15) is 9.59 Å². The molecule has 0 aliphatic carbocycles. The first kappa shape index (κ1) is 23.1. The Morgan fingerprint density at radius 1 is 1.17 bits per heavy atom. The van der Waals surface area contributed by atoms with E-state index >= 15 is 0 Å². The molecule has 164 valence electrons. The highest BCUT2D eigenvalue weighted by molar-refractivity contribution is 6.42. The standard InChI is InChI=1S/C22H29Cl2N3O3/c1-2-30-18-7-9-25(16-18)11-12-27-14-13-26(10-8-22(27)29)21(28)6-4-17-3-5-19(23)20(24)15-17/h3-6,15,18H,2,7-14,16H2,1H3/b6-4+/t18-/m0/s1. The predicted octanol–water partition coefficient (Wildman–Crippen LogP) is 3.18. The molecule has 1 atom stereocenters. The molecule has 1 aromatic rings. The second-order valence-electron chi connectivity index (χ2n) is 7.63. The van der Waals surface area contributed by atoms with Crippen molar-refractivity contribution in [2.45, 2.75) is 25.9 Å². The van der Waals surface area contributed by atoms with Gasteiger partial charge in [0, 0.05) is 64.9 Å². The molecule has 2 fully saturated rings. The molecule has 2 aliphatic heterocycles. The summed E-state index contributed by atoms with van der Waals surface area (Å²) >= 11 is 11.9. The number of ether oxygens (including phenoxy) is 1. The summed E-state index contributed by atoms with van der Waals surface area (Å²) in [6, 6.07) is 5.23. The van der Waals surface area contributed by atoms with Gasteiger partial charge in [-0.2, -0.15) is 0 Å². The molecule has 3 rings (SSSR count). The van der Waals surface area contributed by atoms with Crippen molar-refractivity contribution < 1.29 is 14.3 Å². The number of carbonyl (C=O) groups is 2. The van der Waals surface area contributed by atoms with Crippen LogP contribution in [0.25, 0.3) is 6.08 Å². The number of likely N-dealkylation sites (tertiary alicyclic amines) is 1. The molecule has 2 saturated heterocycles. The molecule has 0 unspecified atom stereocenters. The SMILES string of the molecule is CCO[C@H]1CCN(CCN2CCN(C(=O)/C=C/c3ccc(Cl)c(Cl)c3)CCC2=O)C1. The number of rotatable bonds is 7. The van der Waals surface area contributed by atoms with Gasteiger partial charge in [-0.05, 0) is 37.1 Å². The normalized spacial score (nSPS) is 20.9. The van der Waals surface area contributed by atoms with E-state index in [-0.39, 0.29) is 11.8 Å². The average Bonchev–Trinajstić information content (AvgIpc) is 3.09. The van der Waals surface area contributed by atoms with E-state index in [0.717, 1.165) is 38.2 Å². The van der Waals surface area contributed by atoms with Crippen molar-refractivity contribution in [3.05, 3.63) is 39.9 Å². The summed E-state index contributed by atoms with van der Waals surface area (Å²) in [7, 11) is 0. The van der Waals surface area contributed by atoms with E-state index in [4.69, 9.17) is 27.9 Å². The Morgan fingerprint density at radius 2 is 2.00 bits per heavy atom. The Labute approximate surface area is 188 Å². The number of nitrogens with zero attached hydrogens (tertiary/aromatic N) is 3. The Bertz CT molecular complexity index is 787. The highest BCUT2D eigenvalue weighted by atomic mass is 35.5. The van der Waals surface area contributed by atoms with Crippen LogP contribution >= 0.6 is 23.2 Å². The van der Waals surface area contributed by atoms with E-state index in [0.29, 0.717) is 48.7 Å². The minimum absolute atomic E-state index is 0.102. The monoisotopic (exact) mass is 453 g/mol. The van der Waals surface area contributed by atoms with Crippen LogP contribution in [0.15, 0.2) is 24.3 Å². The van der Waals surface area contributed by atoms with Gasteiger partial charge >= 0.3 is 0 Å². The van der Waals surface area contributed by atoms with E-state index in [1.807, 2.05) is 11.8 Å². The van der Waals surface area contributed by atoms with Crippen molar-refractivity contribution in [2.75, 3.05) is 52.4 Å². The smallest absolute Gasteiger partial charge is 0.246 e. The minimum atomic E-state index is -0.102. The van der Waals surface area contributed by atoms with Crippen LogP contribution in [0.3, 0.4) is 0 Å². The molecule has 0 spiro atoms. The van der Waals surface area contributed by atoms with Crippen LogP contribution in [-0.4, -0.2) is 85.0 Å². The summed E-state index contributed by atoms with van der Waals surface area (Å²) in [5, 5.41) is 0.932. The van der Waals surface area contributed by atoms with Crippen LogP contribution in [0.1, 0.15) is 25.3 Å². The maximum atomic E-state index is 12.6. The van der Waals surface area contributed by atoms with Crippen molar-refractivity contribution in [3.63, 3.8) is 0 Å². The zero-order chi connectivity index (χ0) is 21.5. The van der Waals surface area contributed by atoms with E-state index in [2.05, 4.69) is 4.90 Å². The third-order valence-corrected chi connectivity index (χ3v) is 6.32. The average molecular weight is 454 g/mol. The highest BCUT2D eigenvalue weighted by Crippen LogP contribution is 2.23. The van der Waals surface area contributed by atoms with Crippen molar-refractivity contribution in [3.8, 4) is 0 Å². The summed E-state index contributed by atoms with van der Waals surface area (Å²) < 4.78 is 5.69. The summed E-state index contributed by atoms with van der Waals surface area (Å²) in [5.41, 5.74) is 0.807. The Morgan fingerprint density at radius 3 is 2.77 bits per heavy atom. The van der Waals surface area contributed by atoms with Gasteiger partial charge in [-0.25, -0.2) is 0 Å². The van der Waals surface area contributed by atoms with Crippen LogP contribution in [-0.2, 0) is 14.3 Å². The van der Waals surface area contributed by atoms with E-state index in [1.165, 1.54) is 6.08 Å². The summed E-state index contributed by atoms with van der Waals surface area (Å²) in [6.07, 6.45) is 4.96. The van der Waals surface area contributed by atoms with Gasteiger partial charge in [0.25, 0.3) is 0 Å². The van der Waals surface area contributed by atoms with Crippen LogP contribution in [0, 0.1) is 0 Å². The van der Waals surface area contributed by atoms with Gasteiger partial charge < -0.3 is 14.5 Å². The fraction of sp³-hybridized carbons (Fsp3) is 0.545. The molecule has 2 amide bonds. The number of benzene rings is 1. The van der Waals surface area contributed by atoms with Crippen molar-refractivity contribution in [2.24, 2.45) is 0 Å². The quantitative estimate of drug-likeness (QED) is 0.594. The van der Waals surface area contributed by atoms with Crippen LogP contribution < -0.4 is 0 Å². The summed E-state index contributed by atoms with van der Waals surface area (Å²) in [5.74, 6) is 0.00846. The first-order valence-electron chi connectivity index (χ1n) is 10.5. The lowest BCUT2D eigenvalue weighted by molar-refractivity contribution is -0.130. The third-order valence-electron chi connectivity index (χ3n) is 5.58. The van der Waals surface area contributed by atoms with Gasteiger partial charge in [-0.1, -0.05) is 29.3 Å². The molecule has 0 aromatic heterocycles. The van der Waals surface area contributed by atoms with Crippen LogP contribution in [0.2, 0.25) is 10.0 Å². The van der Waals surface area contributed by atoms with E-state index < -0.39 is 0 Å². The zero-order valence-corrected chi connectivity index (χ0v) is 18.9. The first-order valence-corrected chi connectivity index (χ1v) is 11.3. The molecular weight excluding hydrogens is 425 g/mol. The molecule has 2 aliphatic rings. The van der Waals surface area contributed by atoms with Gasteiger partial charge in [-0.3, -0.25) is 14.5 Å². The predicted molar refractivity (Wildman–Crippen MR) is 120 cm³/mol. The zero-order valence-electron chi connectivity index (χ0n) is 17.4. The highest BCUT2D eigenvalue weighted by Gasteiger charge is 2.26. The molecule has 6 nitrogen and oxygen atoms in total. The van der Waals surface area contributed by atoms with E-state index in [1.54, 1.807) is 29.2 Å². The van der Waals surface area contributed by atoms with Crippen LogP contribution in [0.5, 0.6) is 0 Å². The first-order chi connectivity index (χ1) is 14.5. The lowest BCUT2D eigenvalue weighted by Crippen LogP contribution is -2.40. The molecular formula is C22H29Cl2N3O3. The molecule has 0 N–H and O–H groups in total. The van der Waals surface area contributed by atoms with Crippen LogP contribution in [0.4, 0.5) is 0 Å². The molecule has 0 radical (unpaired) electrons. The second-order valence-corrected chi connectivity index (χ2v) is 8.44. The number of halogens is 2. The molecule has 0 saturated carbocycles. The Balaban J connectivity index is 1.48. The number of hydrogen-bond acceptors (Lipinski definition) is 4. The molecule has 30 heavy (non-hydrogen) atoms.